The molecule has 1 saturated heterocycles. The third kappa shape index (κ3) is 5.37. The van der Waals surface area contributed by atoms with Gasteiger partial charge in [-0.05, 0) is 55.3 Å². The lowest BCUT2D eigenvalue weighted by Gasteiger charge is -2.37. The van der Waals surface area contributed by atoms with Crippen LogP contribution < -0.4 is 9.47 Å². The van der Waals surface area contributed by atoms with Gasteiger partial charge >= 0.3 is 5.97 Å². The Bertz CT molecular complexity index is 1130. The number of nitrogens with zero attached hydrogens (tertiary/aromatic N) is 1. The van der Waals surface area contributed by atoms with E-state index in [9.17, 15) is 18.7 Å². The van der Waals surface area contributed by atoms with E-state index in [1.165, 1.54) is 12.1 Å². The second-order valence-electron chi connectivity index (χ2n) is 8.40. The van der Waals surface area contributed by atoms with E-state index in [4.69, 9.17) is 9.47 Å². The Labute approximate surface area is 197 Å². The number of hydrogen-bond acceptors (Lipinski definition) is 4. The molecule has 1 fully saturated rings. The van der Waals surface area contributed by atoms with E-state index in [2.05, 4.69) is 0 Å². The van der Waals surface area contributed by atoms with Gasteiger partial charge < -0.3 is 14.6 Å². The van der Waals surface area contributed by atoms with Crippen molar-refractivity contribution in [3.05, 3.63) is 95.1 Å². The van der Waals surface area contributed by atoms with Crippen LogP contribution in [0.3, 0.4) is 0 Å². The third-order valence-electron chi connectivity index (χ3n) is 6.24. The van der Waals surface area contributed by atoms with Crippen molar-refractivity contribution in [1.82, 2.24) is 4.90 Å². The zero-order valence-corrected chi connectivity index (χ0v) is 18.9. The first-order valence-corrected chi connectivity index (χ1v) is 11.2. The number of carbonyl (C=O) groups is 1. The Morgan fingerprint density at radius 1 is 1.03 bits per heavy atom. The van der Waals surface area contributed by atoms with Crippen LogP contribution in [0.15, 0.2) is 66.7 Å². The Morgan fingerprint density at radius 3 is 2.41 bits per heavy atom. The maximum atomic E-state index is 14.9. The number of benzene rings is 3. The van der Waals surface area contributed by atoms with Crippen LogP contribution in [0.4, 0.5) is 8.78 Å². The van der Waals surface area contributed by atoms with Crippen molar-refractivity contribution in [3.63, 3.8) is 0 Å². The minimum Gasteiger partial charge on any atom is -0.493 e. The molecule has 1 aliphatic heterocycles. The average Bonchev–Trinajstić information content (AvgIpc) is 2.85. The summed E-state index contributed by atoms with van der Waals surface area (Å²) in [7, 11) is 1.54. The van der Waals surface area contributed by atoms with Crippen LogP contribution in [0.5, 0.6) is 11.5 Å². The number of rotatable bonds is 8. The van der Waals surface area contributed by atoms with Crippen LogP contribution >= 0.6 is 0 Å². The zero-order chi connectivity index (χ0) is 24.1. The standard InChI is InChI=1S/C27H27F2NO4/c1-33-25-15-20(7-10-24(25)34-17-18-5-3-2-4-6-18)26(22-9-8-21(28)16-23(22)29)30-13-11-19(12-14-30)27(31)32/h2-10,15-16,19,26H,11-14,17H2,1H3,(H,31,32). The summed E-state index contributed by atoms with van der Waals surface area (Å²) >= 11 is 0. The number of likely N-dealkylation sites (tertiary alicyclic amines) is 1. The van der Waals surface area contributed by atoms with Crippen molar-refractivity contribution in [2.24, 2.45) is 5.92 Å². The zero-order valence-electron chi connectivity index (χ0n) is 18.9. The number of carboxylic acids is 1. The van der Waals surface area contributed by atoms with Gasteiger partial charge in [0.2, 0.25) is 0 Å². The average molecular weight is 468 g/mol. The normalized spacial score (nSPS) is 15.6. The molecule has 0 saturated carbocycles. The van der Waals surface area contributed by atoms with Crippen LogP contribution in [-0.4, -0.2) is 36.2 Å². The number of aliphatic carboxylic acids is 1. The van der Waals surface area contributed by atoms with Gasteiger partial charge in [-0.1, -0.05) is 42.5 Å². The number of piperidine rings is 1. The van der Waals surface area contributed by atoms with E-state index < -0.39 is 29.6 Å². The molecule has 0 bridgehead atoms. The van der Waals surface area contributed by atoms with Gasteiger partial charge in [-0.15, -0.1) is 0 Å². The van der Waals surface area contributed by atoms with E-state index in [0.717, 1.165) is 17.2 Å². The highest BCUT2D eigenvalue weighted by Gasteiger charge is 2.32. The predicted molar refractivity (Wildman–Crippen MR) is 124 cm³/mol. The Kier molecular flexibility index (Phi) is 7.43. The lowest BCUT2D eigenvalue weighted by atomic mass is 9.91. The molecule has 1 heterocycles. The highest BCUT2D eigenvalue weighted by atomic mass is 19.1. The first-order valence-electron chi connectivity index (χ1n) is 11.2. The monoisotopic (exact) mass is 467 g/mol. The van der Waals surface area contributed by atoms with Gasteiger partial charge in [0.05, 0.1) is 19.1 Å². The molecule has 3 aromatic rings. The Hall–Kier alpha value is -3.45. The molecule has 4 rings (SSSR count). The maximum Gasteiger partial charge on any atom is 0.306 e. The summed E-state index contributed by atoms with van der Waals surface area (Å²) < 4.78 is 40.1. The van der Waals surface area contributed by atoms with Gasteiger partial charge in [0.25, 0.3) is 0 Å². The number of ether oxygens (including phenoxy) is 2. The van der Waals surface area contributed by atoms with Crippen molar-refractivity contribution < 1.29 is 28.2 Å². The Balaban J connectivity index is 1.64. The molecule has 7 heteroatoms. The molecule has 1 atom stereocenters. The van der Waals surface area contributed by atoms with Crippen molar-refractivity contribution in [3.8, 4) is 11.5 Å². The van der Waals surface area contributed by atoms with Gasteiger partial charge in [-0.2, -0.15) is 0 Å². The fraction of sp³-hybridized carbons (Fsp3) is 0.296. The molecule has 0 aliphatic carbocycles. The van der Waals surface area contributed by atoms with Crippen LogP contribution in [0, 0.1) is 17.6 Å². The topological polar surface area (TPSA) is 59.0 Å². The molecule has 3 aromatic carbocycles. The third-order valence-corrected chi connectivity index (χ3v) is 6.24. The van der Waals surface area contributed by atoms with E-state index in [1.807, 2.05) is 41.3 Å². The lowest BCUT2D eigenvalue weighted by Crippen LogP contribution is -2.39. The van der Waals surface area contributed by atoms with Crippen LogP contribution in [-0.2, 0) is 11.4 Å². The van der Waals surface area contributed by atoms with Crippen LogP contribution in [0.25, 0.3) is 0 Å². The highest BCUT2D eigenvalue weighted by molar-refractivity contribution is 5.70. The van der Waals surface area contributed by atoms with E-state index >= 15 is 0 Å². The molecule has 0 radical (unpaired) electrons. The largest absolute Gasteiger partial charge is 0.493 e. The van der Waals surface area contributed by atoms with Crippen molar-refractivity contribution in [1.29, 1.82) is 0 Å². The van der Waals surface area contributed by atoms with E-state index in [0.29, 0.717) is 49.6 Å². The summed E-state index contributed by atoms with van der Waals surface area (Å²) in [5.74, 6) is -1.47. The second kappa shape index (κ2) is 10.7. The molecule has 0 aromatic heterocycles. The molecule has 178 valence electrons. The SMILES string of the molecule is COc1cc(C(c2ccc(F)cc2F)N2CCC(C(=O)O)CC2)ccc1OCc1ccccc1. The number of hydrogen-bond donors (Lipinski definition) is 1. The summed E-state index contributed by atoms with van der Waals surface area (Å²) in [6, 6.07) is 18.2. The molecule has 34 heavy (non-hydrogen) atoms. The van der Waals surface area contributed by atoms with Gasteiger partial charge in [-0.3, -0.25) is 9.69 Å². The lowest BCUT2D eigenvalue weighted by molar-refractivity contribution is -0.143. The molecular formula is C27H27F2NO4. The number of methoxy groups -OCH3 is 1. The van der Waals surface area contributed by atoms with Gasteiger partial charge in [-0.25, -0.2) is 8.78 Å². The van der Waals surface area contributed by atoms with E-state index in [1.54, 1.807) is 19.2 Å². The fourth-order valence-electron chi connectivity index (χ4n) is 4.42. The second-order valence-corrected chi connectivity index (χ2v) is 8.40. The summed E-state index contributed by atoms with van der Waals surface area (Å²) in [5, 5.41) is 9.35. The molecule has 1 N–H and O–H groups in total. The van der Waals surface area contributed by atoms with Crippen molar-refractivity contribution in [2.45, 2.75) is 25.5 Å². The summed E-state index contributed by atoms with van der Waals surface area (Å²) in [5.41, 5.74) is 2.10. The number of carboxylic acid groups (broad SMARTS) is 1. The molecule has 1 unspecified atom stereocenters. The molecular weight excluding hydrogens is 440 g/mol. The highest BCUT2D eigenvalue weighted by Crippen LogP contribution is 2.38. The van der Waals surface area contributed by atoms with Gasteiger partial charge in [0, 0.05) is 11.6 Å². The van der Waals surface area contributed by atoms with E-state index in [-0.39, 0.29) is 0 Å². The quantitative estimate of drug-likeness (QED) is 0.478. The first-order chi connectivity index (χ1) is 16.5. The fourth-order valence-corrected chi connectivity index (χ4v) is 4.42. The molecule has 5 nitrogen and oxygen atoms in total. The van der Waals surface area contributed by atoms with Gasteiger partial charge in [0.15, 0.2) is 11.5 Å². The van der Waals surface area contributed by atoms with Crippen LogP contribution in [0.1, 0.15) is 35.6 Å². The molecule has 0 amide bonds. The smallest absolute Gasteiger partial charge is 0.306 e. The summed E-state index contributed by atoms with van der Waals surface area (Å²) in [6.07, 6.45) is 0.925. The molecule has 0 spiro atoms. The van der Waals surface area contributed by atoms with Crippen LogP contribution in [0.2, 0.25) is 0 Å². The minimum absolute atomic E-state index is 0.329. The minimum atomic E-state index is -0.814. The summed E-state index contributed by atoms with van der Waals surface area (Å²) in [6.45, 7) is 1.33. The Morgan fingerprint density at radius 2 is 1.76 bits per heavy atom. The first kappa shape index (κ1) is 23.7. The summed E-state index contributed by atoms with van der Waals surface area (Å²) in [4.78, 5) is 13.4. The van der Waals surface area contributed by atoms with Crippen molar-refractivity contribution in [2.75, 3.05) is 20.2 Å². The number of halogens is 2. The predicted octanol–water partition coefficient (Wildman–Crippen LogP) is 5.44. The van der Waals surface area contributed by atoms with Crippen molar-refractivity contribution >= 4 is 5.97 Å². The van der Waals surface area contributed by atoms with Gasteiger partial charge in [0.1, 0.15) is 18.2 Å². The molecule has 1 aliphatic rings. The maximum absolute atomic E-state index is 14.9.